The number of hydrogen-bond donors (Lipinski definition) is 2. The van der Waals surface area contributed by atoms with Gasteiger partial charge >= 0.3 is 5.69 Å². The molecule has 2 rings (SSSR count). The van der Waals surface area contributed by atoms with Crippen LogP contribution in [0.1, 0.15) is 26.3 Å². The highest BCUT2D eigenvalue weighted by Gasteiger charge is 2.11. The molecule has 0 saturated carbocycles. The van der Waals surface area contributed by atoms with Gasteiger partial charge in [-0.1, -0.05) is 6.07 Å². The summed E-state index contributed by atoms with van der Waals surface area (Å²) < 4.78 is 2.49. The summed E-state index contributed by atoms with van der Waals surface area (Å²) in [6.07, 6.45) is 0. The van der Waals surface area contributed by atoms with Gasteiger partial charge in [0.05, 0.1) is 0 Å². The first-order valence-corrected chi connectivity index (χ1v) is 8.20. The fourth-order valence-corrected chi connectivity index (χ4v) is 3.10. The van der Waals surface area contributed by atoms with Gasteiger partial charge in [-0.2, -0.15) is 0 Å². The number of hydrogen-bond acceptors (Lipinski definition) is 4. The van der Waals surface area contributed by atoms with E-state index in [-0.39, 0.29) is 11.2 Å². The smallest absolute Gasteiger partial charge is 0.308 e. The molecule has 0 radical (unpaired) electrons. The van der Waals surface area contributed by atoms with Gasteiger partial charge in [-0.05, 0) is 66.2 Å². The van der Waals surface area contributed by atoms with Crippen molar-refractivity contribution in [3.63, 3.8) is 0 Å². The minimum atomic E-state index is -0.209. The average Bonchev–Trinajstić information content (AvgIpc) is 2.70. The highest BCUT2D eigenvalue weighted by atomic mass is 79.9. The number of nitrogens with zero attached hydrogens (tertiary/aromatic N) is 2. The Balaban J connectivity index is 2.12. The second-order valence-corrected chi connectivity index (χ2v) is 7.70. The van der Waals surface area contributed by atoms with Crippen molar-refractivity contribution in [1.82, 2.24) is 20.1 Å². The fourth-order valence-electron chi connectivity index (χ4n) is 1.63. The lowest BCUT2D eigenvalue weighted by atomic mass is 10.1. The van der Waals surface area contributed by atoms with Crippen LogP contribution in [0.4, 0.5) is 0 Å². The Morgan fingerprint density at radius 3 is 2.67 bits per heavy atom. The van der Waals surface area contributed by atoms with Crippen molar-refractivity contribution in [2.45, 2.75) is 42.9 Å². The number of H-pyrrole nitrogens is 1. The van der Waals surface area contributed by atoms with Gasteiger partial charge in [0.2, 0.25) is 0 Å². The molecule has 0 amide bonds. The van der Waals surface area contributed by atoms with Crippen LogP contribution in [0.3, 0.4) is 0 Å². The molecule has 21 heavy (non-hydrogen) atoms. The molecule has 1 aromatic carbocycles. The molecule has 0 saturated heterocycles. The molecule has 5 nitrogen and oxygen atoms in total. The van der Waals surface area contributed by atoms with E-state index in [1.165, 1.54) is 21.9 Å². The second kappa shape index (κ2) is 6.37. The fraction of sp³-hybridized carbons (Fsp3) is 0.429. The molecule has 0 aliphatic rings. The first-order chi connectivity index (χ1) is 9.76. The predicted molar refractivity (Wildman–Crippen MR) is 88.7 cm³/mol. The maximum atomic E-state index is 11.4. The number of rotatable bonds is 4. The molecular formula is C14H19BrN4OS. The number of nitrogens with one attached hydrogen (secondary N) is 2. The molecule has 2 N–H and O–H groups in total. The van der Waals surface area contributed by atoms with Gasteiger partial charge in [0.15, 0.2) is 5.16 Å². The normalized spacial score (nSPS) is 11.9. The van der Waals surface area contributed by atoms with Crippen molar-refractivity contribution in [1.29, 1.82) is 0 Å². The van der Waals surface area contributed by atoms with Gasteiger partial charge in [-0.15, -0.1) is 5.10 Å². The lowest BCUT2D eigenvalue weighted by Gasteiger charge is -2.20. The summed E-state index contributed by atoms with van der Waals surface area (Å²) in [4.78, 5) is 12.4. The number of aromatic amines is 1. The lowest BCUT2D eigenvalue weighted by Crippen LogP contribution is -2.35. The highest BCUT2D eigenvalue weighted by molar-refractivity contribution is 9.10. The summed E-state index contributed by atoms with van der Waals surface area (Å²) in [5.41, 5.74) is 1.09. The number of aromatic nitrogens is 3. The van der Waals surface area contributed by atoms with Crippen LogP contribution in [-0.2, 0) is 13.6 Å². The zero-order valence-corrected chi connectivity index (χ0v) is 14.9. The quantitative estimate of drug-likeness (QED) is 0.868. The van der Waals surface area contributed by atoms with E-state index in [4.69, 9.17) is 0 Å². The van der Waals surface area contributed by atoms with E-state index in [1.807, 2.05) is 6.07 Å². The van der Waals surface area contributed by atoms with Gasteiger partial charge in [0.25, 0.3) is 0 Å². The minimum absolute atomic E-state index is 0.0905. The molecule has 1 heterocycles. The van der Waals surface area contributed by atoms with Gasteiger partial charge in [0.1, 0.15) is 0 Å². The van der Waals surface area contributed by atoms with Crippen LogP contribution < -0.4 is 11.0 Å². The Morgan fingerprint density at radius 2 is 2.14 bits per heavy atom. The van der Waals surface area contributed by atoms with Crippen molar-refractivity contribution < 1.29 is 0 Å². The monoisotopic (exact) mass is 370 g/mol. The molecule has 0 atom stereocenters. The Hall–Kier alpha value is -1.05. The maximum Gasteiger partial charge on any atom is 0.343 e. The Labute approximate surface area is 136 Å². The van der Waals surface area contributed by atoms with Crippen LogP contribution in [0.25, 0.3) is 0 Å². The zero-order chi connectivity index (χ0) is 15.6. The highest BCUT2D eigenvalue weighted by Crippen LogP contribution is 2.32. The van der Waals surface area contributed by atoms with Gasteiger partial charge in [0, 0.05) is 28.5 Å². The van der Waals surface area contributed by atoms with E-state index in [9.17, 15) is 4.79 Å². The van der Waals surface area contributed by atoms with E-state index in [0.717, 1.165) is 15.9 Å². The van der Waals surface area contributed by atoms with Crippen molar-refractivity contribution in [3.8, 4) is 0 Å². The Morgan fingerprint density at radius 1 is 1.43 bits per heavy atom. The van der Waals surface area contributed by atoms with Crippen LogP contribution >= 0.6 is 27.7 Å². The molecule has 114 valence electrons. The first-order valence-electron chi connectivity index (χ1n) is 6.59. The van der Waals surface area contributed by atoms with E-state index in [2.05, 4.69) is 64.3 Å². The molecule has 0 bridgehead atoms. The van der Waals surface area contributed by atoms with Crippen LogP contribution in [-0.4, -0.2) is 20.3 Å². The van der Waals surface area contributed by atoms with Gasteiger partial charge in [-0.25, -0.2) is 9.89 Å². The summed E-state index contributed by atoms with van der Waals surface area (Å²) in [7, 11) is 1.70. The second-order valence-electron chi connectivity index (χ2n) is 5.84. The van der Waals surface area contributed by atoms with Crippen LogP contribution in [0.2, 0.25) is 0 Å². The molecule has 1 aromatic heterocycles. The third kappa shape index (κ3) is 4.46. The number of halogens is 1. The molecule has 2 aromatic rings. The summed E-state index contributed by atoms with van der Waals surface area (Å²) in [5.74, 6) is 0. The molecular weight excluding hydrogens is 352 g/mol. The SMILES string of the molecule is Cn1c(Sc2ccc(CNC(C)(C)C)cc2Br)n[nH]c1=O. The molecule has 0 unspecified atom stereocenters. The van der Waals surface area contributed by atoms with E-state index in [1.54, 1.807) is 7.05 Å². The van der Waals surface area contributed by atoms with E-state index >= 15 is 0 Å². The lowest BCUT2D eigenvalue weighted by molar-refractivity contribution is 0.424. The third-order valence-electron chi connectivity index (χ3n) is 2.86. The summed E-state index contributed by atoms with van der Waals surface area (Å²) in [5, 5.41) is 10.5. The number of benzene rings is 1. The average molecular weight is 371 g/mol. The van der Waals surface area contributed by atoms with Gasteiger partial charge < -0.3 is 5.32 Å². The van der Waals surface area contributed by atoms with E-state index in [0.29, 0.717) is 5.16 Å². The van der Waals surface area contributed by atoms with Crippen molar-refractivity contribution >= 4 is 27.7 Å². The summed E-state index contributed by atoms with van der Waals surface area (Å²) in [6, 6.07) is 6.20. The summed E-state index contributed by atoms with van der Waals surface area (Å²) in [6.45, 7) is 7.24. The topological polar surface area (TPSA) is 62.7 Å². The van der Waals surface area contributed by atoms with Crippen molar-refractivity contribution in [2.75, 3.05) is 0 Å². The molecule has 0 fully saturated rings. The maximum absolute atomic E-state index is 11.4. The van der Waals surface area contributed by atoms with E-state index < -0.39 is 0 Å². The third-order valence-corrected chi connectivity index (χ3v) is 4.90. The Bertz CT molecular complexity index is 687. The molecule has 0 aliphatic heterocycles. The zero-order valence-electron chi connectivity index (χ0n) is 12.5. The van der Waals surface area contributed by atoms with Crippen LogP contribution in [0, 0.1) is 0 Å². The minimum Gasteiger partial charge on any atom is -0.308 e. The van der Waals surface area contributed by atoms with Crippen LogP contribution in [0.5, 0.6) is 0 Å². The Kier molecular flexibility index (Phi) is 4.95. The molecule has 0 aliphatic carbocycles. The van der Waals surface area contributed by atoms with Crippen molar-refractivity contribution in [3.05, 3.63) is 38.7 Å². The van der Waals surface area contributed by atoms with Crippen LogP contribution in [0.15, 0.2) is 37.5 Å². The molecule has 0 spiro atoms. The molecule has 7 heteroatoms. The standard InChI is InChI=1S/C14H19BrN4OS/c1-14(2,3)16-8-9-5-6-11(10(15)7-9)21-13-18-17-12(20)19(13)4/h5-7,16H,8H2,1-4H3,(H,17,20). The first kappa shape index (κ1) is 16.3. The van der Waals surface area contributed by atoms with Crippen molar-refractivity contribution in [2.24, 2.45) is 7.05 Å². The largest absolute Gasteiger partial charge is 0.343 e. The predicted octanol–water partition coefficient (Wildman–Crippen LogP) is 2.91. The summed E-state index contributed by atoms with van der Waals surface area (Å²) >= 11 is 5.03. The van der Waals surface area contributed by atoms with Gasteiger partial charge in [-0.3, -0.25) is 4.57 Å².